The molecule has 1 nitrogen and oxygen atoms in total. The highest BCUT2D eigenvalue weighted by Crippen LogP contribution is 2.35. The van der Waals surface area contributed by atoms with Gasteiger partial charge in [0.25, 0.3) is 0 Å². The van der Waals surface area contributed by atoms with E-state index in [1.54, 1.807) is 24.3 Å². The van der Waals surface area contributed by atoms with Gasteiger partial charge in [0.05, 0.1) is 11.6 Å². The van der Waals surface area contributed by atoms with Crippen molar-refractivity contribution >= 4 is 11.3 Å². The molecule has 0 radical (unpaired) electrons. The van der Waals surface area contributed by atoms with E-state index < -0.39 is 11.7 Å². The van der Waals surface area contributed by atoms with Crippen LogP contribution in [0.3, 0.4) is 0 Å². The van der Waals surface area contributed by atoms with E-state index in [4.69, 9.17) is 0 Å². The smallest absolute Gasteiger partial charge is 0.309 e. The Labute approximate surface area is 126 Å². The molecule has 0 aliphatic rings. The van der Waals surface area contributed by atoms with E-state index >= 15 is 0 Å². The molecule has 0 aliphatic heterocycles. The molecule has 1 atom stereocenters. The first-order valence-electron chi connectivity index (χ1n) is 6.66. The van der Waals surface area contributed by atoms with Crippen LogP contribution in [-0.2, 0) is 6.18 Å². The van der Waals surface area contributed by atoms with Gasteiger partial charge >= 0.3 is 6.18 Å². The summed E-state index contributed by atoms with van der Waals surface area (Å²) in [5.74, 6) is 0. The van der Waals surface area contributed by atoms with Crippen LogP contribution in [0, 0.1) is 20.8 Å². The van der Waals surface area contributed by atoms with Gasteiger partial charge in [0.1, 0.15) is 0 Å². The van der Waals surface area contributed by atoms with Crippen LogP contribution in [-0.4, -0.2) is 7.05 Å². The molecular weight excluding hydrogens is 295 g/mol. The van der Waals surface area contributed by atoms with Gasteiger partial charge in [0, 0.05) is 9.75 Å². The maximum Gasteiger partial charge on any atom is 0.416 e. The van der Waals surface area contributed by atoms with Crippen LogP contribution in [0.1, 0.15) is 38.0 Å². The molecule has 1 N–H and O–H groups in total. The molecule has 1 aromatic carbocycles. The molecule has 114 valence electrons. The fraction of sp³-hybridized carbons (Fsp3) is 0.375. The Kier molecular flexibility index (Phi) is 4.44. The molecule has 0 saturated carbocycles. The minimum Gasteiger partial charge on any atom is -0.309 e. The zero-order valence-corrected chi connectivity index (χ0v) is 13.2. The number of rotatable bonds is 3. The Morgan fingerprint density at radius 1 is 1.05 bits per heavy atom. The van der Waals surface area contributed by atoms with E-state index in [0.717, 1.165) is 16.5 Å². The second-order valence-electron chi connectivity index (χ2n) is 5.18. The number of nitrogens with one attached hydrogen (secondary N) is 1. The largest absolute Gasteiger partial charge is 0.416 e. The third-order valence-electron chi connectivity index (χ3n) is 3.67. The summed E-state index contributed by atoms with van der Waals surface area (Å²) >= 11 is 1.68. The van der Waals surface area contributed by atoms with E-state index in [9.17, 15) is 13.2 Å². The van der Waals surface area contributed by atoms with Crippen molar-refractivity contribution in [2.24, 2.45) is 0 Å². The quantitative estimate of drug-likeness (QED) is 0.840. The van der Waals surface area contributed by atoms with E-state index in [0.29, 0.717) is 5.56 Å². The number of hydrogen-bond donors (Lipinski definition) is 1. The van der Waals surface area contributed by atoms with Crippen molar-refractivity contribution in [1.29, 1.82) is 0 Å². The van der Waals surface area contributed by atoms with Gasteiger partial charge in [-0.2, -0.15) is 13.2 Å². The Bertz CT molecular complexity index is 624. The van der Waals surface area contributed by atoms with Crippen molar-refractivity contribution in [3.8, 4) is 0 Å². The van der Waals surface area contributed by atoms with Crippen molar-refractivity contribution in [3.63, 3.8) is 0 Å². The molecule has 21 heavy (non-hydrogen) atoms. The lowest BCUT2D eigenvalue weighted by atomic mass is 9.97. The van der Waals surface area contributed by atoms with E-state index in [1.165, 1.54) is 16.5 Å². The van der Waals surface area contributed by atoms with Gasteiger partial charge in [-0.1, -0.05) is 6.07 Å². The molecule has 2 rings (SSSR count). The molecule has 0 saturated heterocycles. The maximum absolute atomic E-state index is 12.7. The molecule has 0 spiro atoms. The van der Waals surface area contributed by atoms with Crippen LogP contribution in [0.15, 0.2) is 24.3 Å². The molecule has 2 aromatic rings. The monoisotopic (exact) mass is 313 g/mol. The molecule has 0 amide bonds. The Morgan fingerprint density at radius 2 is 1.71 bits per heavy atom. The summed E-state index contributed by atoms with van der Waals surface area (Å²) in [4.78, 5) is 2.35. The summed E-state index contributed by atoms with van der Waals surface area (Å²) in [6.07, 6.45) is -4.30. The lowest BCUT2D eigenvalue weighted by Crippen LogP contribution is -2.18. The lowest BCUT2D eigenvalue weighted by molar-refractivity contribution is -0.137. The SMILES string of the molecule is CNC(c1cc(C)c(C)s1)c1ccc(C(F)(F)F)cc1C. The molecule has 1 unspecified atom stereocenters. The predicted molar refractivity (Wildman–Crippen MR) is 80.9 cm³/mol. The van der Waals surface area contributed by atoms with Gasteiger partial charge in [0.15, 0.2) is 0 Å². The van der Waals surface area contributed by atoms with Crippen LogP contribution in [0.2, 0.25) is 0 Å². The van der Waals surface area contributed by atoms with Crippen molar-refractivity contribution in [2.75, 3.05) is 7.05 Å². The summed E-state index contributed by atoms with van der Waals surface area (Å²) in [7, 11) is 1.83. The molecule has 0 fully saturated rings. The van der Waals surface area contributed by atoms with Crippen molar-refractivity contribution in [1.82, 2.24) is 5.32 Å². The Hall–Kier alpha value is -1.33. The molecule has 0 bridgehead atoms. The van der Waals surface area contributed by atoms with Gasteiger partial charge in [0.2, 0.25) is 0 Å². The summed E-state index contributed by atoms with van der Waals surface area (Å²) in [6, 6.07) is 5.96. The minimum atomic E-state index is -4.30. The zero-order valence-electron chi connectivity index (χ0n) is 12.4. The standard InChI is InChI=1S/C16H18F3NS/c1-9-8-14(21-11(9)3)15(20-4)13-6-5-12(7-10(13)2)16(17,18)19/h5-8,15,20H,1-4H3. The van der Waals surface area contributed by atoms with Crippen LogP contribution in [0.5, 0.6) is 0 Å². The van der Waals surface area contributed by atoms with Crippen LogP contribution in [0.25, 0.3) is 0 Å². The van der Waals surface area contributed by atoms with Gasteiger partial charge in [-0.05, 0) is 62.7 Å². The zero-order chi connectivity index (χ0) is 15.8. The third-order valence-corrected chi connectivity index (χ3v) is 4.88. The van der Waals surface area contributed by atoms with E-state index in [1.807, 2.05) is 14.0 Å². The highest BCUT2D eigenvalue weighted by molar-refractivity contribution is 7.12. The molecular formula is C16H18F3NS. The topological polar surface area (TPSA) is 12.0 Å². The fourth-order valence-electron chi connectivity index (χ4n) is 2.37. The highest BCUT2D eigenvalue weighted by Gasteiger charge is 2.31. The summed E-state index contributed by atoms with van der Waals surface area (Å²) in [5.41, 5.74) is 2.14. The summed E-state index contributed by atoms with van der Waals surface area (Å²) in [5, 5.41) is 3.20. The van der Waals surface area contributed by atoms with E-state index in [2.05, 4.69) is 18.3 Å². The number of halogens is 3. The van der Waals surface area contributed by atoms with Crippen molar-refractivity contribution < 1.29 is 13.2 Å². The van der Waals surface area contributed by atoms with Crippen LogP contribution < -0.4 is 5.32 Å². The molecule has 1 aromatic heterocycles. The first-order valence-corrected chi connectivity index (χ1v) is 7.47. The average Bonchev–Trinajstić information content (AvgIpc) is 2.71. The Morgan fingerprint density at radius 3 is 2.14 bits per heavy atom. The number of benzene rings is 1. The first kappa shape index (κ1) is 16.0. The number of hydrogen-bond acceptors (Lipinski definition) is 2. The fourth-order valence-corrected chi connectivity index (χ4v) is 3.54. The first-order chi connectivity index (χ1) is 9.74. The predicted octanol–water partition coefficient (Wildman–Crippen LogP) is 5.00. The maximum atomic E-state index is 12.7. The van der Waals surface area contributed by atoms with Crippen LogP contribution >= 0.6 is 11.3 Å². The molecule has 1 heterocycles. The third kappa shape index (κ3) is 3.30. The van der Waals surface area contributed by atoms with Crippen LogP contribution in [0.4, 0.5) is 13.2 Å². The normalized spacial score (nSPS) is 13.5. The Balaban J connectivity index is 2.43. The molecule has 0 aliphatic carbocycles. The summed E-state index contributed by atoms with van der Waals surface area (Å²) in [6.45, 7) is 5.82. The van der Waals surface area contributed by atoms with Gasteiger partial charge < -0.3 is 5.32 Å². The highest BCUT2D eigenvalue weighted by atomic mass is 32.1. The lowest BCUT2D eigenvalue weighted by Gasteiger charge is -2.19. The second kappa shape index (κ2) is 5.81. The summed E-state index contributed by atoms with van der Waals surface area (Å²) < 4.78 is 38.2. The van der Waals surface area contributed by atoms with Gasteiger partial charge in [-0.15, -0.1) is 11.3 Å². The number of alkyl halides is 3. The second-order valence-corrected chi connectivity index (χ2v) is 6.47. The minimum absolute atomic E-state index is 0.0790. The van der Waals surface area contributed by atoms with E-state index in [-0.39, 0.29) is 6.04 Å². The van der Waals surface area contributed by atoms with Gasteiger partial charge in [-0.3, -0.25) is 0 Å². The van der Waals surface area contributed by atoms with Crippen molar-refractivity contribution in [3.05, 3.63) is 56.3 Å². The number of thiophene rings is 1. The average molecular weight is 313 g/mol. The van der Waals surface area contributed by atoms with Crippen molar-refractivity contribution in [2.45, 2.75) is 33.0 Å². The van der Waals surface area contributed by atoms with Gasteiger partial charge in [-0.25, -0.2) is 0 Å². The number of aryl methyl sites for hydroxylation is 3. The molecule has 5 heteroatoms.